The van der Waals surface area contributed by atoms with Gasteiger partial charge in [-0.3, -0.25) is 24.3 Å². The fourth-order valence-electron chi connectivity index (χ4n) is 8.86. The summed E-state index contributed by atoms with van der Waals surface area (Å²) in [6.45, 7) is 3.85. The van der Waals surface area contributed by atoms with Gasteiger partial charge >= 0.3 is 0 Å². The summed E-state index contributed by atoms with van der Waals surface area (Å²) < 4.78 is 23.8. The number of hydrogen-bond acceptors (Lipinski definition) is 10. The van der Waals surface area contributed by atoms with Crippen LogP contribution in [0.5, 0.6) is 28.7 Å². The van der Waals surface area contributed by atoms with Crippen LogP contribution in [-0.2, 0) is 12.8 Å². The molecule has 3 aromatic rings. The second kappa shape index (κ2) is 10.1. The van der Waals surface area contributed by atoms with Gasteiger partial charge in [0, 0.05) is 40.9 Å². The number of nitrogens with zero attached hydrogens (tertiary/aromatic N) is 4. The molecule has 46 heavy (non-hydrogen) atoms. The van der Waals surface area contributed by atoms with Gasteiger partial charge in [-0.15, -0.1) is 0 Å². The Morgan fingerprint density at radius 3 is 2.30 bits per heavy atom. The summed E-state index contributed by atoms with van der Waals surface area (Å²) in [5.41, 5.74) is 5.74. The van der Waals surface area contributed by atoms with Crippen LogP contribution >= 0.6 is 0 Å². The lowest BCUT2D eigenvalue weighted by Gasteiger charge is -2.60. The first-order valence-electron chi connectivity index (χ1n) is 15.4. The molecule has 0 aromatic heterocycles. The molecule has 1 fully saturated rings. The molecule has 0 saturated carbocycles. The molecule has 2 bridgehead atoms. The van der Waals surface area contributed by atoms with Gasteiger partial charge in [0.15, 0.2) is 23.0 Å². The van der Waals surface area contributed by atoms with E-state index < -0.39 is 12.1 Å². The van der Waals surface area contributed by atoms with E-state index >= 15 is 0 Å². The average molecular weight is 623 g/mol. The zero-order valence-corrected chi connectivity index (χ0v) is 26.3. The number of carbonyl (C=O) groups excluding carboxylic acids is 2. The lowest BCUT2D eigenvalue weighted by atomic mass is 9.71. The molecule has 2 amide bonds. The Morgan fingerprint density at radius 2 is 1.65 bits per heavy atom. The van der Waals surface area contributed by atoms with Crippen molar-refractivity contribution in [2.24, 2.45) is 0 Å². The van der Waals surface area contributed by atoms with Gasteiger partial charge in [0.2, 0.25) is 6.79 Å². The standard InChI is InChI=1S/C35H34N4O7/c1-16-10-18-11-22-24(13-36)39-23(28(37(22)3)26(18)29(40)30(16)43-4)12-21-27(33-32(45-15-46-33)17(2)31(21)44-5)25(39)14-38-34(41)19-8-6-7-9-20(19)35(38)42/h6-10,22-25,28,40H,11-12,14-15H2,1-5H3/t22-,23+,24+,25+,28+/m1/s1. The van der Waals surface area contributed by atoms with Gasteiger partial charge in [0.05, 0.1) is 43.5 Å². The van der Waals surface area contributed by atoms with E-state index in [4.69, 9.17) is 18.9 Å². The number of piperazine rings is 1. The smallest absolute Gasteiger partial charge is 0.261 e. The molecule has 5 aliphatic rings. The van der Waals surface area contributed by atoms with Crippen LogP contribution in [-0.4, -0.2) is 84.4 Å². The van der Waals surface area contributed by atoms with Crippen LogP contribution in [0.25, 0.3) is 0 Å². The third kappa shape index (κ3) is 3.59. The number of nitriles is 1. The number of aryl methyl sites for hydroxylation is 1. The first-order chi connectivity index (χ1) is 22.2. The normalized spacial score (nSPS) is 25.8. The van der Waals surface area contributed by atoms with Crippen molar-refractivity contribution in [3.8, 4) is 34.8 Å². The second-order valence-corrected chi connectivity index (χ2v) is 12.7. The summed E-state index contributed by atoms with van der Waals surface area (Å²) in [6.07, 6.45) is 0.993. The molecule has 236 valence electrons. The molecule has 5 aliphatic heterocycles. The summed E-state index contributed by atoms with van der Waals surface area (Å²) in [4.78, 5) is 33.2. The number of benzene rings is 3. The highest BCUT2D eigenvalue weighted by Crippen LogP contribution is 2.58. The van der Waals surface area contributed by atoms with Gasteiger partial charge in [0.1, 0.15) is 11.8 Å². The maximum Gasteiger partial charge on any atom is 0.261 e. The second-order valence-electron chi connectivity index (χ2n) is 12.7. The summed E-state index contributed by atoms with van der Waals surface area (Å²) in [6, 6.07) is 9.36. The summed E-state index contributed by atoms with van der Waals surface area (Å²) in [5.74, 6) is 1.54. The fraction of sp³-hybridized carbons (Fsp3) is 0.400. The molecule has 0 aliphatic carbocycles. The number of carbonyl (C=O) groups is 2. The van der Waals surface area contributed by atoms with Crippen LogP contribution in [0, 0.1) is 25.2 Å². The van der Waals surface area contributed by atoms with Gasteiger partial charge in [0.25, 0.3) is 11.8 Å². The highest BCUT2D eigenvalue weighted by molar-refractivity contribution is 6.21. The third-order valence-corrected chi connectivity index (χ3v) is 10.7. The van der Waals surface area contributed by atoms with Crippen molar-refractivity contribution < 1.29 is 33.6 Å². The van der Waals surface area contributed by atoms with Crippen molar-refractivity contribution >= 4 is 11.8 Å². The molecule has 8 rings (SSSR count). The number of aromatic hydroxyl groups is 1. The van der Waals surface area contributed by atoms with Gasteiger partial charge in [-0.05, 0) is 57.0 Å². The molecular weight excluding hydrogens is 588 g/mol. The Labute approximate surface area is 266 Å². The Bertz CT molecular complexity index is 1870. The van der Waals surface area contributed by atoms with E-state index in [1.54, 1.807) is 38.5 Å². The summed E-state index contributed by atoms with van der Waals surface area (Å²) in [5, 5.41) is 22.6. The highest BCUT2D eigenvalue weighted by atomic mass is 16.7. The predicted molar refractivity (Wildman–Crippen MR) is 165 cm³/mol. The number of amides is 2. The van der Waals surface area contributed by atoms with Gasteiger partial charge in [-0.1, -0.05) is 18.2 Å². The lowest BCUT2D eigenvalue weighted by Crippen LogP contribution is -2.68. The van der Waals surface area contributed by atoms with Crippen LogP contribution in [0.2, 0.25) is 0 Å². The minimum atomic E-state index is -0.625. The van der Waals surface area contributed by atoms with E-state index in [0.717, 1.165) is 33.4 Å². The van der Waals surface area contributed by atoms with Crippen molar-refractivity contribution in [2.75, 3.05) is 34.6 Å². The number of hydrogen-bond donors (Lipinski definition) is 1. The van der Waals surface area contributed by atoms with Crippen molar-refractivity contribution in [3.05, 3.63) is 74.8 Å². The topological polar surface area (TPSA) is 125 Å². The molecule has 5 heterocycles. The predicted octanol–water partition coefficient (Wildman–Crippen LogP) is 3.82. The van der Waals surface area contributed by atoms with Crippen LogP contribution < -0.4 is 18.9 Å². The monoisotopic (exact) mass is 622 g/mol. The van der Waals surface area contributed by atoms with E-state index in [-0.39, 0.29) is 49.0 Å². The number of methoxy groups -OCH3 is 2. The summed E-state index contributed by atoms with van der Waals surface area (Å²) >= 11 is 0. The van der Waals surface area contributed by atoms with E-state index in [0.29, 0.717) is 47.0 Å². The first kappa shape index (κ1) is 28.7. The number of fused-ring (bicyclic) bond motifs is 10. The number of rotatable bonds is 4. The van der Waals surface area contributed by atoms with Crippen LogP contribution in [0.15, 0.2) is 30.3 Å². The molecule has 5 atom stereocenters. The number of ether oxygens (including phenoxy) is 4. The lowest BCUT2D eigenvalue weighted by molar-refractivity contribution is -0.0758. The SMILES string of the molecule is COc1c(C)cc2c(c1O)[C@@H]1[C@@H]3Cc4c(OC)c(C)c5c(c4[C@H](CN4C(=O)c6ccccc6C4=O)N3[C@@H](C#N)[C@@H](C2)N1C)OCO5. The summed E-state index contributed by atoms with van der Waals surface area (Å²) in [7, 11) is 5.17. The molecule has 11 nitrogen and oxygen atoms in total. The van der Waals surface area contributed by atoms with Gasteiger partial charge in [-0.2, -0.15) is 5.26 Å². The van der Waals surface area contributed by atoms with Crippen molar-refractivity contribution in [3.63, 3.8) is 0 Å². The van der Waals surface area contributed by atoms with Crippen molar-refractivity contribution in [2.45, 2.75) is 56.9 Å². The Kier molecular flexibility index (Phi) is 6.30. The quantitative estimate of drug-likeness (QED) is 0.430. The Morgan fingerprint density at radius 1 is 0.978 bits per heavy atom. The van der Waals surface area contributed by atoms with Crippen molar-refractivity contribution in [1.82, 2.24) is 14.7 Å². The van der Waals surface area contributed by atoms with E-state index in [9.17, 15) is 20.0 Å². The molecule has 0 unspecified atom stereocenters. The largest absolute Gasteiger partial charge is 0.504 e. The highest BCUT2D eigenvalue weighted by Gasteiger charge is 2.57. The number of imide groups is 1. The maximum absolute atomic E-state index is 13.8. The Hall–Kier alpha value is -4.79. The molecule has 3 aromatic carbocycles. The van der Waals surface area contributed by atoms with Gasteiger partial charge < -0.3 is 24.1 Å². The third-order valence-electron chi connectivity index (χ3n) is 10.7. The van der Waals surface area contributed by atoms with Gasteiger partial charge in [-0.25, -0.2) is 0 Å². The van der Waals surface area contributed by atoms with E-state index in [2.05, 4.69) is 21.9 Å². The van der Waals surface area contributed by atoms with Crippen molar-refractivity contribution in [1.29, 1.82) is 5.26 Å². The van der Waals surface area contributed by atoms with E-state index in [1.165, 1.54) is 4.90 Å². The first-order valence-corrected chi connectivity index (χ1v) is 15.4. The number of likely N-dealkylation sites (N-methyl/N-ethyl adjacent to an activating group) is 1. The average Bonchev–Trinajstić information content (AvgIpc) is 3.62. The minimum absolute atomic E-state index is 0.00471. The zero-order valence-electron chi connectivity index (χ0n) is 26.3. The molecular formula is C35H34N4O7. The minimum Gasteiger partial charge on any atom is -0.504 e. The van der Waals surface area contributed by atoms with Crippen LogP contribution in [0.3, 0.4) is 0 Å². The zero-order chi connectivity index (χ0) is 32.2. The molecule has 11 heteroatoms. The van der Waals surface area contributed by atoms with Crippen LogP contribution in [0.1, 0.15) is 66.2 Å². The number of phenols is 1. The molecule has 0 spiro atoms. The molecule has 1 N–H and O–H groups in total. The fourth-order valence-corrected chi connectivity index (χ4v) is 8.86. The van der Waals surface area contributed by atoms with E-state index in [1.807, 2.05) is 20.9 Å². The Balaban J connectivity index is 1.36. The number of phenolic OH excluding ortho intramolecular Hbond substituents is 1. The maximum atomic E-state index is 13.8. The molecule has 0 radical (unpaired) electrons. The molecule has 1 saturated heterocycles. The van der Waals surface area contributed by atoms with Crippen LogP contribution in [0.4, 0.5) is 0 Å².